The van der Waals surface area contributed by atoms with Crippen LogP contribution < -0.4 is 0 Å². The fourth-order valence-corrected chi connectivity index (χ4v) is 2.40. The highest BCUT2D eigenvalue weighted by molar-refractivity contribution is 5.29. The van der Waals surface area contributed by atoms with Crippen LogP contribution in [0.1, 0.15) is 49.6 Å². The fourth-order valence-electron chi connectivity index (χ4n) is 2.40. The Morgan fingerprint density at radius 1 is 1.31 bits per heavy atom. The molecule has 0 aliphatic carbocycles. The van der Waals surface area contributed by atoms with E-state index in [9.17, 15) is 0 Å². The average molecular weight is 178 g/mol. The van der Waals surface area contributed by atoms with Gasteiger partial charge >= 0.3 is 0 Å². The molecule has 2 nitrogen and oxygen atoms in total. The zero-order chi connectivity index (χ0) is 9.42. The molecule has 2 rings (SSSR count). The van der Waals surface area contributed by atoms with Crippen LogP contribution in [0.15, 0.2) is 0 Å². The first-order valence-corrected chi connectivity index (χ1v) is 5.26. The van der Waals surface area contributed by atoms with Gasteiger partial charge < -0.3 is 0 Å². The molecule has 1 aromatic heterocycles. The molecular formula is C11H18N2. The molecule has 2 heteroatoms. The molecule has 0 amide bonds. The van der Waals surface area contributed by atoms with E-state index in [2.05, 4.69) is 30.6 Å². The third kappa shape index (κ3) is 1.38. The molecule has 0 N–H and O–H groups in total. The lowest BCUT2D eigenvalue weighted by Gasteiger charge is -2.15. The van der Waals surface area contributed by atoms with Crippen LogP contribution in [0.5, 0.6) is 0 Å². The molecule has 0 unspecified atom stereocenters. The second kappa shape index (κ2) is 3.17. The molecule has 0 saturated carbocycles. The molecule has 0 fully saturated rings. The third-order valence-electron chi connectivity index (χ3n) is 2.89. The second-order valence-electron chi connectivity index (χ2n) is 4.28. The lowest BCUT2D eigenvalue weighted by atomic mass is 9.97. The maximum atomic E-state index is 4.59. The topological polar surface area (TPSA) is 17.8 Å². The van der Waals surface area contributed by atoms with E-state index in [-0.39, 0.29) is 0 Å². The first-order chi connectivity index (χ1) is 6.20. The van der Waals surface area contributed by atoms with E-state index in [0.29, 0.717) is 5.92 Å². The lowest BCUT2D eigenvalue weighted by Crippen LogP contribution is -2.12. The highest BCUT2D eigenvalue weighted by Gasteiger charge is 2.19. The van der Waals surface area contributed by atoms with E-state index in [1.165, 1.54) is 36.2 Å². The van der Waals surface area contributed by atoms with Crippen LogP contribution in [0.3, 0.4) is 0 Å². The third-order valence-corrected chi connectivity index (χ3v) is 2.89. The molecule has 1 aliphatic heterocycles. The van der Waals surface area contributed by atoms with Crippen molar-refractivity contribution < 1.29 is 0 Å². The maximum Gasteiger partial charge on any atom is 0.0631 e. The van der Waals surface area contributed by atoms with Gasteiger partial charge in [0.15, 0.2) is 0 Å². The van der Waals surface area contributed by atoms with Crippen molar-refractivity contribution in [3.05, 3.63) is 17.0 Å². The fraction of sp³-hybridized carbons (Fsp3) is 0.727. The molecule has 0 radical (unpaired) electrons. The summed E-state index contributed by atoms with van der Waals surface area (Å²) >= 11 is 0. The Bertz CT molecular complexity index is 310. The molecular weight excluding hydrogens is 160 g/mol. The molecule has 0 aromatic carbocycles. The van der Waals surface area contributed by atoms with Gasteiger partial charge in [0.1, 0.15) is 0 Å². The van der Waals surface area contributed by atoms with Crippen LogP contribution >= 0.6 is 0 Å². The standard InChI is InChI=1S/C11H18N2/c1-8(2)11-9(3)12-13-7-5-4-6-10(11)13/h8H,4-7H2,1-3H3. The van der Waals surface area contributed by atoms with Gasteiger partial charge in [-0.2, -0.15) is 5.10 Å². The van der Waals surface area contributed by atoms with Crippen LogP contribution in [0.2, 0.25) is 0 Å². The van der Waals surface area contributed by atoms with Crippen molar-refractivity contribution in [3.63, 3.8) is 0 Å². The number of nitrogens with zero attached hydrogens (tertiary/aromatic N) is 2. The van der Waals surface area contributed by atoms with Crippen molar-refractivity contribution in [2.45, 2.75) is 52.5 Å². The van der Waals surface area contributed by atoms with Crippen molar-refractivity contribution >= 4 is 0 Å². The number of aromatic nitrogens is 2. The summed E-state index contributed by atoms with van der Waals surface area (Å²) in [5.41, 5.74) is 4.24. The van der Waals surface area contributed by atoms with E-state index in [1.807, 2.05) is 0 Å². The molecule has 1 aliphatic rings. The van der Waals surface area contributed by atoms with E-state index < -0.39 is 0 Å². The summed E-state index contributed by atoms with van der Waals surface area (Å²) in [7, 11) is 0. The minimum atomic E-state index is 0.627. The summed E-state index contributed by atoms with van der Waals surface area (Å²) in [6.45, 7) is 7.79. The number of fused-ring (bicyclic) bond motifs is 1. The minimum absolute atomic E-state index is 0.627. The Hall–Kier alpha value is -0.790. The van der Waals surface area contributed by atoms with E-state index >= 15 is 0 Å². The largest absolute Gasteiger partial charge is 0.269 e. The van der Waals surface area contributed by atoms with Crippen molar-refractivity contribution in [3.8, 4) is 0 Å². The SMILES string of the molecule is Cc1nn2c(c1C(C)C)CCCC2. The van der Waals surface area contributed by atoms with Gasteiger partial charge in [0.25, 0.3) is 0 Å². The molecule has 0 spiro atoms. The van der Waals surface area contributed by atoms with E-state index in [0.717, 1.165) is 6.54 Å². The normalized spacial score (nSPS) is 16.3. The Balaban J connectivity index is 2.48. The summed E-state index contributed by atoms with van der Waals surface area (Å²) in [5, 5.41) is 4.59. The zero-order valence-corrected chi connectivity index (χ0v) is 8.80. The summed E-state index contributed by atoms with van der Waals surface area (Å²) < 4.78 is 2.22. The van der Waals surface area contributed by atoms with Crippen molar-refractivity contribution in [1.29, 1.82) is 0 Å². The number of rotatable bonds is 1. The molecule has 13 heavy (non-hydrogen) atoms. The zero-order valence-electron chi connectivity index (χ0n) is 8.80. The van der Waals surface area contributed by atoms with Crippen LogP contribution in [-0.4, -0.2) is 9.78 Å². The van der Waals surface area contributed by atoms with Crippen molar-refractivity contribution in [2.24, 2.45) is 0 Å². The van der Waals surface area contributed by atoms with Gasteiger partial charge in [-0.25, -0.2) is 0 Å². The van der Waals surface area contributed by atoms with Gasteiger partial charge in [0.05, 0.1) is 5.69 Å². The first kappa shape index (κ1) is 8.79. The van der Waals surface area contributed by atoms with Crippen LogP contribution in [-0.2, 0) is 13.0 Å². The predicted molar refractivity (Wildman–Crippen MR) is 54.0 cm³/mol. The second-order valence-corrected chi connectivity index (χ2v) is 4.28. The highest BCUT2D eigenvalue weighted by Crippen LogP contribution is 2.27. The lowest BCUT2D eigenvalue weighted by molar-refractivity contribution is 0.482. The van der Waals surface area contributed by atoms with Crippen molar-refractivity contribution in [2.75, 3.05) is 0 Å². The number of aryl methyl sites for hydroxylation is 2. The maximum absolute atomic E-state index is 4.59. The summed E-state index contributed by atoms with van der Waals surface area (Å²) in [6, 6.07) is 0. The van der Waals surface area contributed by atoms with Crippen LogP contribution in [0.4, 0.5) is 0 Å². The molecule has 2 heterocycles. The van der Waals surface area contributed by atoms with Gasteiger partial charge in [-0.15, -0.1) is 0 Å². The quantitative estimate of drug-likeness (QED) is 0.646. The highest BCUT2D eigenvalue weighted by atomic mass is 15.3. The average Bonchev–Trinajstić information content (AvgIpc) is 2.39. The van der Waals surface area contributed by atoms with Gasteiger partial charge in [-0.1, -0.05) is 13.8 Å². The number of hydrogen-bond acceptors (Lipinski definition) is 1. The monoisotopic (exact) mass is 178 g/mol. The summed E-state index contributed by atoms with van der Waals surface area (Å²) in [5.74, 6) is 0.627. The van der Waals surface area contributed by atoms with E-state index in [1.54, 1.807) is 0 Å². The van der Waals surface area contributed by atoms with Gasteiger partial charge in [-0.05, 0) is 37.7 Å². The number of hydrogen-bond donors (Lipinski definition) is 0. The van der Waals surface area contributed by atoms with Crippen molar-refractivity contribution in [1.82, 2.24) is 9.78 Å². The Kier molecular flexibility index (Phi) is 2.14. The molecule has 0 saturated heterocycles. The van der Waals surface area contributed by atoms with Crippen LogP contribution in [0, 0.1) is 6.92 Å². The first-order valence-electron chi connectivity index (χ1n) is 5.26. The Morgan fingerprint density at radius 3 is 2.77 bits per heavy atom. The van der Waals surface area contributed by atoms with Gasteiger partial charge in [0.2, 0.25) is 0 Å². The summed E-state index contributed by atoms with van der Waals surface area (Å²) in [4.78, 5) is 0. The predicted octanol–water partition coefficient (Wildman–Crippen LogP) is 2.65. The molecule has 0 atom stereocenters. The summed E-state index contributed by atoms with van der Waals surface area (Å²) in [6.07, 6.45) is 3.87. The molecule has 0 bridgehead atoms. The molecule has 1 aromatic rings. The smallest absolute Gasteiger partial charge is 0.0631 e. The van der Waals surface area contributed by atoms with Gasteiger partial charge in [0, 0.05) is 12.2 Å². The molecule has 72 valence electrons. The van der Waals surface area contributed by atoms with E-state index in [4.69, 9.17) is 0 Å². The Morgan fingerprint density at radius 2 is 2.08 bits per heavy atom. The Labute approximate surface area is 80.0 Å². The van der Waals surface area contributed by atoms with Crippen LogP contribution in [0.25, 0.3) is 0 Å². The van der Waals surface area contributed by atoms with Gasteiger partial charge in [-0.3, -0.25) is 4.68 Å². The minimum Gasteiger partial charge on any atom is -0.269 e.